The van der Waals surface area contributed by atoms with Gasteiger partial charge < -0.3 is 5.73 Å². The molecular formula is C7H6N4O2. The quantitative estimate of drug-likeness (QED) is 0.387. The predicted molar refractivity (Wildman–Crippen MR) is 47.2 cm³/mol. The zero-order valence-corrected chi connectivity index (χ0v) is 6.52. The van der Waals surface area contributed by atoms with Crippen molar-refractivity contribution in [1.29, 1.82) is 0 Å². The number of nitrogens with two attached hydrogens (primary N) is 1. The van der Waals surface area contributed by atoms with Gasteiger partial charge in [-0.15, -0.1) is 0 Å². The molecule has 2 aromatic rings. The SMILES string of the molecule is Nc1ccc([N+](=O)[O-])c2cn[nH]c12. The standard InChI is InChI=1S/C7H6N4O2/c8-5-1-2-6(11(12)13)4-3-9-10-7(4)5/h1-3H,8H2,(H,9,10). The first-order valence-corrected chi connectivity index (χ1v) is 3.56. The minimum absolute atomic E-state index is 0.0120. The number of hydrogen-bond donors (Lipinski definition) is 2. The first-order chi connectivity index (χ1) is 6.20. The van der Waals surface area contributed by atoms with Crippen molar-refractivity contribution in [2.24, 2.45) is 0 Å². The maximum Gasteiger partial charge on any atom is 0.280 e. The summed E-state index contributed by atoms with van der Waals surface area (Å²) in [6.07, 6.45) is 1.39. The summed E-state index contributed by atoms with van der Waals surface area (Å²) < 4.78 is 0. The van der Waals surface area contributed by atoms with Crippen molar-refractivity contribution in [3.63, 3.8) is 0 Å². The molecule has 0 unspecified atom stereocenters. The summed E-state index contributed by atoms with van der Waals surface area (Å²) in [6, 6.07) is 2.85. The summed E-state index contributed by atoms with van der Waals surface area (Å²) in [5.41, 5.74) is 6.55. The number of nitro groups is 1. The molecule has 0 aliphatic rings. The third-order valence-corrected chi connectivity index (χ3v) is 1.82. The average molecular weight is 178 g/mol. The molecule has 3 N–H and O–H groups in total. The monoisotopic (exact) mass is 178 g/mol. The van der Waals surface area contributed by atoms with Gasteiger partial charge in [0.2, 0.25) is 0 Å². The zero-order valence-electron chi connectivity index (χ0n) is 6.52. The number of nitrogens with one attached hydrogen (secondary N) is 1. The van der Waals surface area contributed by atoms with Crippen molar-refractivity contribution in [3.05, 3.63) is 28.4 Å². The van der Waals surface area contributed by atoms with Crippen molar-refractivity contribution in [2.75, 3.05) is 5.73 Å². The van der Waals surface area contributed by atoms with Gasteiger partial charge in [0.25, 0.3) is 5.69 Å². The smallest absolute Gasteiger partial charge is 0.280 e. The van der Waals surface area contributed by atoms with Crippen LogP contribution >= 0.6 is 0 Å². The van der Waals surface area contributed by atoms with E-state index >= 15 is 0 Å². The molecule has 66 valence electrons. The van der Waals surface area contributed by atoms with Crippen LogP contribution in [0, 0.1) is 10.1 Å². The van der Waals surface area contributed by atoms with Crippen molar-refractivity contribution in [3.8, 4) is 0 Å². The van der Waals surface area contributed by atoms with Crippen molar-refractivity contribution in [1.82, 2.24) is 10.2 Å². The summed E-state index contributed by atoms with van der Waals surface area (Å²) in [4.78, 5) is 10.1. The Hall–Kier alpha value is -2.11. The number of H-pyrrole nitrogens is 1. The van der Waals surface area contributed by atoms with Crippen LogP contribution in [0.1, 0.15) is 0 Å². The second-order valence-electron chi connectivity index (χ2n) is 2.59. The van der Waals surface area contributed by atoms with Crippen LogP contribution in [0.25, 0.3) is 10.9 Å². The Morgan fingerprint density at radius 2 is 2.31 bits per heavy atom. The van der Waals surface area contributed by atoms with E-state index in [1.165, 1.54) is 18.3 Å². The van der Waals surface area contributed by atoms with Crippen LogP contribution in [0.5, 0.6) is 0 Å². The number of fused-ring (bicyclic) bond motifs is 1. The normalized spacial score (nSPS) is 10.5. The number of aromatic nitrogens is 2. The number of nitro benzene ring substituents is 1. The summed E-state index contributed by atoms with van der Waals surface area (Å²) in [6.45, 7) is 0. The highest BCUT2D eigenvalue weighted by molar-refractivity contribution is 5.95. The maximum atomic E-state index is 10.5. The Bertz CT molecular complexity index is 476. The van der Waals surface area contributed by atoms with Crippen LogP contribution in [0.2, 0.25) is 0 Å². The summed E-state index contributed by atoms with van der Waals surface area (Å²) in [7, 11) is 0. The van der Waals surface area contributed by atoms with Gasteiger partial charge in [0.05, 0.1) is 27.7 Å². The molecule has 0 spiro atoms. The molecular weight excluding hydrogens is 172 g/mol. The largest absolute Gasteiger partial charge is 0.397 e. The Kier molecular flexibility index (Phi) is 1.42. The van der Waals surface area contributed by atoms with Gasteiger partial charge in [-0.3, -0.25) is 15.2 Å². The number of aromatic amines is 1. The summed E-state index contributed by atoms with van der Waals surface area (Å²) in [5, 5.41) is 17.3. The van der Waals surface area contributed by atoms with Crippen LogP contribution in [0.3, 0.4) is 0 Å². The third kappa shape index (κ3) is 0.994. The molecule has 6 heteroatoms. The molecule has 0 fully saturated rings. The molecule has 6 nitrogen and oxygen atoms in total. The fourth-order valence-corrected chi connectivity index (χ4v) is 1.20. The second-order valence-corrected chi connectivity index (χ2v) is 2.59. The molecule has 13 heavy (non-hydrogen) atoms. The van der Waals surface area contributed by atoms with Crippen molar-refractivity contribution >= 4 is 22.3 Å². The van der Waals surface area contributed by atoms with Gasteiger partial charge in [-0.1, -0.05) is 0 Å². The topological polar surface area (TPSA) is 97.8 Å². The fraction of sp³-hybridized carbons (Fsp3) is 0. The fourth-order valence-electron chi connectivity index (χ4n) is 1.20. The molecule has 0 aliphatic carbocycles. The number of hydrogen-bond acceptors (Lipinski definition) is 4. The highest BCUT2D eigenvalue weighted by Crippen LogP contribution is 2.27. The van der Waals surface area contributed by atoms with Gasteiger partial charge in [-0.25, -0.2) is 0 Å². The van der Waals surface area contributed by atoms with Crippen molar-refractivity contribution < 1.29 is 4.92 Å². The van der Waals surface area contributed by atoms with E-state index in [-0.39, 0.29) is 5.69 Å². The van der Waals surface area contributed by atoms with E-state index in [9.17, 15) is 10.1 Å². The molecule has 0 amide bonds. The van der Waals surface area contributed by atoms with E-state index in [0.717, 1.165) is 0 Å². The van der Waals surface area contributed by atoms with Crippen LogP contribution < -0.4 is 5.73 Å². The molecule has 0 saturated heterocycles. The van der Waals surface area contributed by atoms with E-state index in [2.05, 4.69) is 10.2 Å². The lowest BCUT2D eigenvalue weighted by Crippen LogP contribution is -1.91. The zero-order chi connectivity index (χ0) is 9.42. The van der Waals surface area contributed by atoms with Gasteiger partial charge in [0.15, 0.2) is 0 Å². The summed E-state index contributed by atoms with van der Waals surface area (Å²) in [5.74, 6) is 0. The maximum absolute atomic E-state index is 10.5. The predicted octanol–water partition coefficient (Wildman–Crippen LogP) is 1.05. The number of nitrogens with zero attached hydrogens (tertiary/aromatic N) is 2. The molecule has 1 aromatic heterocycles. The molecule has 0 atom stereocenters. The van der Waals surface area contributed by atoms with Gasteiger partial charge in [0.1, 0.15) is 0 Å². The highest BCUT2D eigenvalue weighted by atomic mass is 16.6. The Morgan fingerprint density at radius 3 is 3.00 bits per heavy atom. The van der Waals surface area contributed by atoms with Gasteiger partial charge in [-0.2, -0.15) is 5.10 Å². The van der Waals surface area contributed by atoms with Crippen molar-refractivity contribution in [2.45, 2.75) is 0 Å². The van der Waals surface area contributed by atoms with Gasteiger partial charge in [0, 0.05) is 6.07 Å². The van der Waals surface area contributed by atoms with E-state index in [0.29, 0.717) is 16.6 Å². The Balaban J connectivity index is 2.86. The average Bonchev–Trinajstić information content (AvgIpc) is 2.53. The van der Waals surface area contributed by atoms with Gasteiger partial charge >= 0.3 is 0 Å². The molecule has 1 heterocycles. The molecule has 0 radical (unpaired) electrons. The number of non-ortho nitro benzene ring substituents is 1. The van der Waals surface area contributed by atoms with E-state index in [1.54, 1.807) is 0 Å². The molecule has 0 aliphatic heterocycles. The van der Waals surface area contributed by atoms with Crippen LogP contribution in [-0.2, 0) is 0 Å². The lowest BCUT2D eigenvalue weighted by Gasteiger charge is -1.95. The molecule has 1 aromatic carbocycles. The number of benzene rings is 1. The first-order valence-electron chi connectivity index (χ1n) is 3.56. The lowest BCUT2D eigenvalue weighted by atomic mass is 10.2. The second kappa shape index (κ2) is 2.44. The van der Waals surface area contributed by atoms with E-state index in [1.807, 2.05) is 0 Å². The number of rotatable bonds is 1. The van der Waals surface area contributed by atoms with E-state index < -0.39 is 4.92 Å². The van der Waals surface area contributed by atoms with Crippen LogP contribution in [-0.4, -0.2) is 15.1 Å². The molecule has 0 saturated carbocycles. The minimum Gasteiger partial charge on any atom is -0.397 e. The highest BCUT2D eigenvalue weighted by Gasteiger charge is 2.14. The van der Waals surface area contributed by atoms with E-state index in [4.69, 9.17) is 5.73 Å². The summed E-state index contributed by atoms with van der Waals surface area (Å²) >= 11 is 0. The molecule has 2 rings (SSSR count). The lowest BCUT2D eigenvalue weighted by molar-refractivity contribution is -0.383. The molecule has 0 bridgehead atoms. The van der Waals surface area contributed by atoms with Crippen LogP contribution in [0.15, 0.2) is 18.3 Å². The van der Waals surface area contributed by atoms with Crippen LogP contribution in [0.4, 0.5) is 11.4 Å². The third-order valence-electron chi connectivity index (χ3n) is 1.82. The Morgan fingerprint density at radius 1 is 1.54 bits per heavy atom. The minimum atomic E-state index is -0.461. The number of nitrogen functional groups attached to an aromatic ring is 1. The Labute approximate surface area is 72.5 Å². The van der Waals surface area contributed by atoms with Gasteiger partial charge in [-0.05, 0) is 6.07 Å². The number of anilines is 1. The first kappa shape index (κ1) is 7.53.